The molecule has 0 N–H and O–H groups in total. The van der Waals surface area contributed by atoms with Crippen LogP contribution in [0.2, 0.25) is 18.1 Å². The summed E-state index contributed by atoms with van der Waals surface area (Å²) in [6.45, 7) is 12.1. The summed E-state index contributed by atoms with van der Waals surface area (Å²) >= 11 is 0. The Morgan fingerprint density at radius 3 is 2.23 bits per heavy atom. The molecule has 0 amide bonds. The Morgan fingerprint density at radius 2 is 1.53 bits per heavy atom. The number of nitrogens with zero attached hydrogens (tertiary/aromatic N) is 1. The molecular weight excluding hydrogens is 386 g/mol. The first kappa shape index (κ1) is 22.6. The van der Waals surface area contributed by atoms with E-state index in [0.717, 1.165) is 36.0 Å². The molecule has 1 heterocycles. The molecule has 30 heavy (non-hydrogen) atoms. The molecule has 0 radical (unpaired) electrons. The van der Waals surface area contributed by atoms with Gasteiger partial charge in [-0.3, -0.25) is 9.78 Å². The highest BCUT2D eigenvalue weighted by Crippen LogP contribution is 2.36. The minimum absolute atomic E-state index is 0.235. The second kappa shape index (κ2) is 9.40. The summed E-state index contributed by atoms with van der Waals surface area (Å²) in [5.74, 6) is 0.321. The van der Waals surface area contributed by atoms with Gasteiger partial charge in [0.25, 0.3) is 0 Å². The van der Waals surface area contributed by atoms with Gasteiger partial charge in [-0.15, -0.1) is 0 Å². The van der Waals surface area contributed by atoms with Gasteiger partial charge in [0.15, 0.2) is 8.32 Å². The van der Waals surface area contributed by atoms with Crippen molar-refractivity contribution >= 4 is 35.8 Å². The van der Waals surface area contributed by atoms with E-state index in [2.05, 4.69) is 70.3 Å². The lowest BCUT2D eigenvalue weighted by Crippen LogP contribution is -2.40. The third-order valence-corrected chi connectivity index (χ3v) is 11.0. The quantitative estimate of drug-likeness (QED) is 0.210. The first-order valence-electron chi connectivity index (χ1n) is 11.1. The number of ketones is 1. The van der Waals surface area contributed by atoms with Gasteiger partial charge in [0.1, 0.15) is 5.78 Å². The molecule has 0 bridgehead atoms. The van der Waals surface area contributed by atoms with Crippen LogP contribution in [0.1, 0.15) is 52.1 Å². The van der Waals surface area contributed by atoms with E-state index in [4.69, 9.17) is 9.41 Å². The Balaban J connectivity index is 1.53. The topological polar surface area (TPSA) is 39.2 Å². The number of hydrogen-bond acceptors (Lipinski definition) is 3. The van der Waals surface area contributed by atoms with Gasteiger partial charge in [0.05, 0.1) is 5.52 Å². The molecule has 0 aliphatic carbocycles. The van der Waals surface area contributed by atoms with E-state index in [0.29, 0.717) is 25.0 Å². The van der Waals surface area contributed by atoms with Gasteiger partial charge < -0.3 is 4.43 Å². The molecule has 0 unspecified atom stereocenters. The molecule has 160 valence electrons. The van der Waals surface area contributed by atoms with E-state index in [-0.39, 0.29) is 5.04 Å². The number of benzene rings is 2. The van der Waals surface area contributed by atoms with Crippen molar-refractivity contribution in [1.82, 2.24) is 4.98 Å². The zero-order chi connectivity index (χ0) is 21.8. The largest absolute Gasteiger partial charge is 0.417 e. The second-order valence-electron chi connectivity index (χ2n) is 9.73. The van der Waals surface area contributed by atoms with Crippen LogP contribution in [0.25, 0.3) is 21.7 Å². The van der Waals surface area contributed by atoms with E-state index in [9.17, 15) is 4.79 Å². The summed E-state index contributed by atoms with van der Waals surface area (Å²) in [6.07, 6.45) is 3.74. The molecule has 0 atom stereocenters. The standard InChI is InChI=1S/C26H35NO2Si/c1-26(2,3)30(4,5)29-19-11-10-12-20(28)17-18-25-23-14-7-6-13-21(23)22-15-8-9-16-24(22)27-25/h6-9,13-16H,10-12,17-19H2,1-5H3. The number of aryl methyl sites for hydroxylation is 1. The predicted molar refractivity (Wildman–Crippen MR) is 130 cm³/mol. The molecule has 0 aliphatic rings. The monoisotopic (exact) mass is 421 g/mol. The van der Waals surface area contributed by atoms with E-state index >= 15 is 0 Å². The average molecular weight is 422 g/mol. The van der Waals surface area contributed by atoms with Gasteiger partial charge in [-0.05, 0) is 48.8 Å². The maximum absolute atomic E-state index is 12.5. The van der Waals surface area contributed by atoms with Crippen LogP contribution in [-0.2, 0) is 15.6 Å². The van der Waals surface area contributed by atoms with Gasteiger partial charge in [-0.2, -0.15) is 0 Å². The van der Waals surface area contributed by atoms with Crippen molar-refractivity contribution in [2.75, 3.05) is 6.61 Å². The zero-order valence-electron chi connectivity index (χ0n) is 19.1. The molecule has 2 aromatic carbocycles. The minimum Gasteiger partial charge on any atom is -0.417 e. The van der Waals surface area contributed by atoms with Crippen LogP contribution >= 0.6 is 0 Å². The Labute approximate surface area is 182 Å². The summed E-state index contributed by atoms with van der Waals surface area (Å²) in [4.78, 5) is 17.3. The number of aromatic nitrogens is 1. The molecule has 0 spiro atoms. The normalized spacial score (nSPS) is 12.6. The van der Waals surface area contributed by atoms with Crippen LogP contribution in [0, 0.1) is 0 Å². The fourth-order valence-corrected chi connectivity index (χ4v) is 4.60. The highest BCUT2D eigenvalue weighted by atomic mass is 28.4. The number of fused-ring (bicyclic) bond motifs is 3. The highest BCUT2D eigenvalue weighted by Gasteiger charge is 2.36. The van der Waals surface area contributed by atoms with Crippen LogP contribution in [0.4, 0.5) is 0 Å². The van der Waals surface area contributed by atoms with Crippen molar-refractivity contribution in [2.45, 2.75) is 71.0 Å². The molecule has 0 fully saturated rings. The Hall–Kier alpha value is -2.04. The number of rotatable bonds is 9. The summed E-state index contributed by atoms with van der Waals surface area (Å²) in [6, 6.07) is 16.6. The first-order valence-corrected chi connectivity index (χ1v) is 14.0. The zero-order valence-corrected chi connectivity index (χ0v) is 20.1. The van der Waals surface area contributed by atoms with Crippen LogP contribution in [-0.4, -0.2) is 25.7 Å². The van der Waals surface area contributed by atoms with Crippen molar-refractivity contribution < 1.29 is 9.22 Å². The molecule has 0 saturated heterocycles. The molecule has 4 heteroatoms. The number of hydrogen-bond donors (Lipinski definition) is 0. The number of unbranched alkanes of at least 4 members (excludes halogenated alkanes) is 1. The van der Waals surface area contributed by atoms with E-state index in [1.807, 2.05) is 12.1 Å². The summed E-state index contributed by atoms with van der Waals surface area (Å²) < 4.78 is 6.21. The second-order valence-corrected chi connectivity index (χ2v) is 14.5. The van der Waals surface area contributed by atoms with Crippen molar-refractivity contribution in [1.29, 1.82) is 0 Å². The molecule has 0 saturated carbocycles. The van der Waals surface area contributed by atoms with E-state index < -0.39 is 8.32 Å². The van der Waals surface area contributed by atoms with Gasteiger partial charge in [-0.1, -0.05) is 63.2 Å². The Morgan fingerprint density at radius 1 is 0.900 bits per heavy atom. The maximum atomic E-state index is 12.5. The lowest BCUT2D eigenvalue weighted by atomic mass is 10.0. The van der Waals surface area contributed by atoms with Gasteiger partial charge in [0.2, 0.25) is 0 Å². The number of Topliss-reactive ketones (excluding diaryl/α,β-unsaturated/α-hetero) is 1. The Bertz CT molecular complexity index is 1020. The molecular formula is C26H35NO2Si. The minimum atomic E-state index is -1.68. The van der Waals surface area contributed by atoms with Gasteiger partial charge in [0, 0.05) is 35.9 Å². The molecule has 1 aromatic heterocycles. The third-order valence-electron chi connectivity index (χ3n) is 6.45. The van der Waals surface area contributed by atoms with Gasteiger partial charge in [-0.25, -0.2) is 0 Å². The number of carbonyl (C=O) groups is 1. The highest BCUT2D eigenvalue weighted by molar-refractivity contribution is 6.74. The van der Waals surface area contributed by atoms with Crippen molar-refractivity contribution in [3.05, 3.63) is 54.2 Å². The Kier molecular flexibility index (Phi) is 7.09. The van der Waals surface area contributed by atoms with Crippen LogP contribution in [0.5, 0.6) is 0 Å². The van der Waals surface area contributed by atoms with Crippen molar-refractivity contribution in [3.63, 3.8) is 0 Å². The maximum Gasteiger partial charge on any atom is 0.191 e. The fraction of sp³-hybridized carbons (Fsp3) is 0.462. The smallest absolute Gasteiger partial charge is 0.191 e. The molecule has 3 nitrogen and oxygen atoms in total. The SMILES string of the molecule is CC(C)(C)[Si](C)(C)OCCCCC(=O)CCc1nc2ccccc2c2ccccc12. The van der Waals surface area contributed by atoms with Crippen LogP contribution < -0.4 is 0 Å². The van der Waals surface area contributed by atoms with E-state index in [1.165, 1.54) is 10.8 Å². The van der Waals surface area contributed by atoms with Crippen molar-refractivity contribution in [3.8, 4) is 0 Å². The van der Waals surface area contributed by atoms with Gasteiger partial charge >= 0.3 is 0 Å². The first-order chi connectivity index (χ1) is 14.2. The van der Waals surface area contributed by atoms with Crippen LogP contribution in [0.3, 0.4) is 0 Å². The predicted octanol–water partition coefficient (Wildman–Crippen LogP) is 7.08. The number of para-hydroxylation sites is 1. The third kappa shape index (κ3) is 5.35. The number of pyridine rings is 1. The van der Waals surface area contributed by atoms with E-state index in [1.54, 1.807) is 0 Å². The summed E-state index contributed by atoms with van der Waals surface area (Å²) in [5, 5.41) is 3.78. The summed E-state index contributed by atoms with van der Waals surface area (Å²) in [7, 11) is -1.68. The molecule has 3 aromatic rings. The number of carbonyl (C=O) groups excluding carboxylic acids is 1. The average Bonchev–Trinajstić information content (AvgIpc) is 2.71. The lowest BCUT2D eigenvalue weighted by molar-refractivity contribution is -0.119. The lowest BCUT2D eigenvalue weighted by Gasteiger charge is -2.36. The fourth-order valence-electron chi connectivity index (χ4n) is 3.52. The van der Waals surface area contributed by atoms with Crippen LogP contribution in [0.15, 0.2) is 48.5 Å². The molecule has 3 rings (SSSR count). The molecule has 0 aliphatic heterocycles. The van der Waals surface area contributed by atoms with Crippen molar-refractivity contribution in [2.24, 2.45) is 0 Å². The summed E-state index contributed by atoms with van der Waals surface area (Å²) in [5.41, 5.74) is 2.03.